The van der Waals surface area contributed by atoms with Gasteiger partial charge in [0, 0.05) is 25.4 Å². The first-order chi connectivity index (χ1) is 12.4. The molecule has 1 amide bonds. The number of fused-ring (bicyclic) bond motifs is 1. The van der Waals surface area contributed by atoms with Gasteiger partial charge in [0.25, 0.3) is 5.91 Å². The number of carbonyl (C=O) groups excluding carboxylic acids is 1. The summed E-state index contributed by atoms with van der Waals surface area (Å²) >= 11 is 12.1. The van der Waals surface area contributed by atoms with E-state index in [1.807, 2.05) is 18.7 Å². The molecule has 0 spiro atoms. The number of aryl methyl sites for hydroxylation is 2. The first-order valence-electron chi connectivity index (χ1n) is 8.12. The zero-order valence-electron chi connectivity index (χ0n) is 14.2. The standard InChI is InChI=1S/C17H16Cl2N6O/c1-9-10(2)25-16(21-9)4-3-13(23-25)17(26)22-11-7-24(8-11)14-5-15(19)20-6-12(14)18/h3-6,11H,7-8H2,1-2H3,(H,22,26). The second-order valence-corrected chi connectivity index (χ2v) is 7.10. The van der Waals surface area contributed by atoms with Crippen molar-refractivity contribution in [2.75, 3.05) is 18.0 Å². The molecule has 0 bridgehead atoms. The minimum atomic E-state index is -0.207. The van der Waals surface area contributed by atoms with Gasteiger partial charge in [-0.1, -0.05) is 23.2 Å². The van der Waals surface area contributed by atoms with Gasteiger partial charge < -0.3 is 10.2 Å². The van der Waals surface area contributed by atoms with E-state index in [2.05, 4.69) is 20.4 Å². The Morgan fingerprint density at radius 1 is 1.27 bits per heavy atom. The maximum absolute atomic E-state index is 12.5. The lowest BCUT2D eigenvalue weighted by molar-refractivity contribution is 0.0924. The Bertz CT molecular complexity index is 1010. The third-order valence-corrected chi connectivity index (χ3v) is 5.03. The van der Waals surface area contributed by atoms with E-state index in [0.29, 0.717) is 29.0 Å². The number of imidazole rings is 1. The summed E-state index contributed by atoms with van der Waals surface area (Å²) in [7, 11) is 0. The van der Waals surface area contributed by atoms with Crippen molar-refractivity contribution in [2.24, 2.45) is 0 Å². The van der Waals surface area contributed by atoms with E-state index >= 15 is 0 Å². The Morgan fingerprint density at radius 2 is 2.04 bits per heavy atom. The topological polar surface area (TPSA) is 75.4 Å². The fourth-order valence-electron chi connectivity index (χ4n) is 2.95. The molecule has 0 radical (unpaired) electrons. The molecule has 134 valence electrons. The molecule has 3 aromatic rings. The van der Waals surface area contributed by atoms with Crippen LogP contribution in [0.25, 0.3) is 5.65 Å². The van der Waals surface area contributed by atoms with Gasteiger partial charge in [-0.25, -0.2) is 14.5 Å². The third-order valence-electron chi connectivity index (χ3n) is 4.53. The van der Waals surface area contributed by atoms with Crippen molar-refractivity contribution in [1.82, 2.24) is 24.9 Å². The smallest absolute Gasteiger partial charge is 0.272 e. The van der Waals surface area contributed by atoms with E-state index in [1.165, 1.54) is 6.20 Å². The zero-order chi connectivity index (χ0) is 18.4. The van der Waals surface area contributed by atoms with Crippen molar-refractivity contribution < 1.29 is 4.79 Å². The predicted molar refractivity (Wildman–Crippen MR) is 100 cm³/mol. The number of pyridine rings is 1. The molecule has 0 aliphatic carbocycles. The van der Waals surface area contributed by atoms with Crippen LogP contribution in [-0.4, -0.2) is 44.6 Å². The quantitative estimate of drug-likeness (QED) is 0.695. The predicted octanol–water partition coefficient (Wildman–Crippen LogP) is 2.67. The van der Waals surface area contributed by atoms with E-state index in [4.69, 9.17) is 23.2 Å². The van der Waals surface area contributed by atoms with Gasteiger partial charge in [-0.3, -0.25) is 4.79 Å². The van der Waals surface area contributed by atoms with Crippen LogP contribution in [0.1, 0.15) is 21.9 Å². The van der Waals surface area contributed by atoms with Crippen LogP contribution in [0.3, 0.4) is 0 Å². The molecule has 7 nitrogen and oxygen atoms in total. The average molecular weight is 391 g/mol. The molecule has 4 rings (SSSR count). The molecule has 1 N–H and O–H groups in total. The lowest BCUT2D eigenvalue weighted by Crippen LogP contribution is -2.59. The van der Waals surface area contributed by atoms with Crippen molar-refractivity contribution in [1.29, 1.82) is 0 Å². The number of carbonyl (C=O) groups is 1. The molecule has 0 aromatic carbocycles. The van der Waals surface area contributed by atoms with E-state index in [9.17, 15) is 4.79 Å². The number of nitrogens with one attached hydrogen (secondary N) is 1. The van der Waals surface area contributed by atoms with Crippen molar-refractivity contribution >= 4 is 40.4 Å². The number of nitrogens with zero attached hydrogens (tertiary/aromatic N) is 5. The largest absolute Gasteiger partial charge is 0.366 e. The summed E-state index contributed by atoms with van der Waals surface area (Å²) in [6.45, 7) is 5.15. The molecule has 4 heterocycles. The molecule has 26 heavy (non-hydrogen) atoms. The van der Waals surface area contributed by atoms with Gasteiger partial charge in [-0.15, -0.1) is 0 Å². The SMILES string of the molecule is Cc1nc2ccc(C(=O)NC3CN(c4cc(Cl)ncc4Cl)C3)nn2c1C. The second-order valence-electron chi connectivity index (χ2n) is 6.31. The summed E-state index contributed by atoms with van der Waals surface area (Å²) in [4.78, 5) is 22.9. The van der Waals surface area contributed by atoms with Crippen LogP contribution in [0.5, 0.6) is 0 Å². The lowest BCUT2D eigenvalue weighted by atomic mass is 10.1. The fraction of sp³-hybridized carbons (Fsp3) is 0.294. The van der Waals surface area contributed by atoms with Gasteiger partial charge in [0.2, 0.25) is 0 Å². The summed E-state index contributed by atoms with van der Waals surface area (Å²) in [5.41, 5.74) is 3.74. The minimum Gasteiger partial charge on any atom is -0.366 e. The first kappa shape index (κ1) is 17.1. The van der Waals surface area contributed by atoms with Crippen LogP contribution in [0.15, 0.2) is 24.4 Å². The molecule has 0 unspecified atom stereocenters. The molecule has 1 fully saturated rings. The lowest BCUT2D eigenvalue weighted by Gasteiger charge is -2.41. The van der Waals surface area contributed by atoms with Gasteiger partial charge in [0.05, 0.1) is 28.1 Å². The molecule has 0 atom stereocenters. The monoisotopic (exact) mass is 390 g/mol. The normalized spacial score (nSPS) is 14.5. The van der Waals surface area contributed by atoms with Crippen molar-refractivity contribution in [3.63, 3.8) is 0 Å². The summed E-state index contributed by atoms with van der Waals surface area (Å²) in [5, 5.41) is 8.31. The van der Waals surface area contributed by atoms with Gasteiger partial charge in [-0.05, 0) is 26.0 Å². The highest BCUT2D eigenvalue weighted by Crippen LogP contribution is 2.30. The highest BCUT2D eigenvalue weighted by atomic mass is 35.5. The van der Waals surface area contributed by atoms with Crippen molar-refractivity contribution in [2.45, 2.75) is 19.9 Å². The van der Waals surface area contributed by atoms with E-state index in [-0.39, 0.29) is 11.9 Å². The number of halogens is 2. The van der Waals surface area contributed by atoms with Crippen LogP contribution < -0.4 is 10.2 Å². The van der Waals surface area contributed by atoms with Crippen LogP contribution in [-0.2, 0) is 0 Å². The molecule has 0 saturated carbocycles. The Kier molecular flexibility index (Phi) is 4.20. The number of aromatic nitrogens is 4. The van der Waals surface area contributed by atoms with Gasteiger partial charge in [-0.2, -0.15) is 5.10 Å². The Morgan fingerprint density at radius 3 is 2.81 bits per heavy atom. The zero-order valence-corrected chi connectivity index (χ0v) is 15.7. The maximum Gasteiger partial charge on any atom is 0.272 e. The molecule has 1 aliphatic heterocycles. The minimum absolute atomic E-state index is 0.0219. The summed E-state index contributed by atoms with van der Waals surface area (Å²) in [6, 6.07) is 5.23. The summed E-state index contributed by atoms with van der Waals surface area (Å²) in [6.07, 6.45) is 1.53. The molecule has 9 heteroatoms. The molecule has 1 aliphatic rings. The first-order valence-corrected chi connectivity index (χ1v) is 8.88. The fourth-order valence-corrected chi connectivity index (χ4v) is 3.32. The van der Waals surface area contributed by atoms with Gasteiger partial charge in [0.15, 0.2) is 5.65 Å². The Balaban J connectivity index is 1.43. The van der Waals surface area contributed by atoms with Crippen molar-refractivity contribution in [3.05, 3.63) is 51.7 Å². The Labute approximate surface area is 159 Å². The highest BCUT2D eigenvalue weighted by molar-refractivity contribution is 6.34. The molecule has 1 saturated heterocycles. The van der Waals surface area contributed by atoms with Crippen LogP contribution >= 0.6 is 23.2 Å². The number of hydrogen-bond donors (Lipinski definition) is 1. The van der Waals surface area contributed by atoms with E-state index < -0.39 is 0 Å². The van der Waals surface area contributed by atoms with Crippen molar-refractivity contribution in [3.8, 4) is 0 Å². The number of anilines is 1. The number of amides is 1. The summed E-state index contributed by atoms with van der Waals surface area (Å²) in [5.74, 6) is -0.207. The Hall–Kier alpha value is -2.38. The summed E-state index contributed by atoms with van der Waals surface area (Å²) < 4.78 is 1.69. The number of hydrogen-bond acceptors (Lipinski definition) is 5. The van der Waals surface area contributed by atoms with Gasteiger partial charge in [0.1, 0.15) is 10.8 Å². The van der Waals surface area contributed by atoms with Crippen LogP contribution in [0, 0.1) is 13.8 Å². The third kappa shape index (κ3) is 2.97. The molecular formula is C17H16Cl2N6O. The van der Waals surface area contributed by atoms with E-state index in [1.54, 1.807) is 22.7 Å². The maximum atomic E-state index is 12.5. The number of rotatable bonds is 3. The van der Waals surface area contributed by atoms with E-state index in [0.717, 1.165) is 22.7 Å². The average Bonchev–Trinajstić information content (AvgIpc) is 2.87. The molecular weight excluding hydrogens is 375 g/mol. The molecule has 3 aromatic heterocycles. The van der Waals surface area contributed by atoms with Gasteiger partial charge >= 0.3 is 0 Å². The van der Waals surface area contributed by atoms with Crippen LogP contribution in [0.2, 0.25) is 10.2 Å². The second kappa shape index (κ2) is 6.41. The van der Waals surface area contributed by atoms with Crippen LogP contribution in [0.4, 0.5) is 5.69 Å². The highest BCUT2D eigenvalue weighted by Gasteiger charge is 2.30.